The number of hydrogen-bond acceptors (Lipinski definition) is 4. The number of benzene rings is 2. The first-order valence-electron chi connectivity index (χ1n) is 12.2. The number of amides is 2. The minimum atomic E-state index is -0.609. The fourth-order valence-electron chi connectivity index (χ4n) is 4.76. The fourth-order valence-corrected chi connectivity index (χ4v) is 4.76. The van der Waals surface area contributed by atoms with E-state index in [0.717, 1.165) is 38.0 Å². The van der Waals surface area contributed by atoms with Gasteiger partial charge in [-0.05, 0) is 55.3 Å². The molecule has 6 nitrogen and oxygen atoms in total. The van der Waals surface area contributed by atoms with Crippen LogP contribution < -0.4 is 5.32 Å². The highest BCUT2D eigenvalue weighted by Gasteiger charge is 2.43. The molecule has 0 fully saturated rings. The summed E-state index contributed by atoms with van der Waals surface area (Å²) in [6.45, 7) is 8.26. The molecule has 0 aliphatic carbocycles. The fraction of sp³-hybridized carbons (Fsp3) is 0.481. The number of fused-ring (bicyclic) bond motifs is 1. The van der Waals surface area contributed by atoms with E-state index >= 15 is 0 Å². The molecule has 2 aromatic carbocycles. The van der Waals surface area contributed by atoms with Gasteiger partial charge in [-0.15, -0.1) is 0 Å². The Morgan fingerprint density at radius 2 is 1.74 bits per heavy atom. The molecule has 2 aromatic rings. The number of methoxy groups -OCH3 is 1. The summed E-state index contributed by atoms with van der Waals surface area (Å²) < 4.78 is 19.0. The van der Waals surface area contributed by atoms with E-state index in [0.29, 0.717) is 30.8 Å². The predicted molar refractivity (Wildman–Crippen MR) is 131 cm³/mol. The number of nitrogens with zero attached hydrogens (tertiary/aromatic N) is 2. The summed E-state index contributed by atoms with van der Waals surface area (Å²) in [5.41, 5.74) is 1.95. The first-order chi connectivity index (χ1) is 16.5. The zero-order valence-electron chi connectivity index (χ0n) is 20.4. The Hall–Kier alpha value is -2.77. The number of ether oxygens (including phenoxy) is 1. The van der Waals surface area contributed by atoms with Crippen LogP contribution in [0.1, 0.15) is 60.1 Å². The molecule has 0 spiro atoms. The first-order valence-corrected chi connectivity index (χ1v) is 12.2. The van der Waals surface area contributed by atoms with Crippen LogP contribution in [0.2, 0.25) is 0 Å². The van der Waals surface area contributed by atoms with E-state index in [1.807, 2.05) is 18.2 Å². The Bertz CT molecular complexity index is 944. The van der Waals surface area contributed by atoms with Crippen molar-refractivity contribution < 1.29 is 18.7 Å². The van der Waals surface area contributed by atoms with Crippen LogP contribution in [-0.2, 0) is 9.53 Å². The van der Waals surface area contributed by atoms with E-state index in [4.69, 9.17) is 4.74 Å². The zero-order valence-corrected chi connectivity index (χ0v) is 20.4. The molecule has 0 radical (unpaired) electrons. The third-order valence-corrected chi connectivity index (χ3v) is 6.28. The molecular weight excluding hydrogens is 433 g/mol. The van der Waals surface area contributed by atoms with Gasteiger partial charge >= 0.3 is 0 Å². The highest BCUT2D eigenvalue weighted by molar-refractivity contribution is 6.01. The van der Waals surface area contributed by atoms with Crippen LogP contribution in [-0.4, -0.2) is 68.1 Å². The van der Waals surface area contributed by atoms with Crippen molar-refractivity contribution in [2.75, 3.05) is 46.4 Å². The second-order valence-corrected chi connectivity index (χ2v) is 8.69. The van der Waals surface area contributed by atoms with Gasteiger partial charge in [-0.2, -0.15) is 0 Å². The minimum absolute atomic E-state index is 0.135. The maximum Gasteiger partial charge on any atom is 0.254 e. The molecule has 1 aliphatic rings. The van der Waals surface area contributed by atoms with Gasteiger partial charge in [0.15, 0.2) is 0 Å². The van der Waals surface area contributed by atoms with Crippen LogP contribution in [0.5, 0.6) is 0 Å². The van der Waals surface area contributed by atoms with Crippen LogP contribution in [0.3, 0.4) is 0 Å². The molecule has 0 saturated heterocycles. The monoisotopic (exact) mass is 469 g/mol. The Labute approximate surface area is 202 Å². The van der Waals surface area contributed by atoms with Gasteiger partial charge in [0.05, 0.1) is 18.6 Å². The first kappa shape index (κ1) is 25.8. The smallest absolute Gasteiger partial charge is 0.254 e. The third-order valence-electron chi connectivity index (χ3n) is 6.28. The maximum atomic E-state index is 13.7. The van der Waals surface area contributed by atoms with Crippen LogP contribution >= 0.6 is 0 Å². The molecule has 0 unspecified atom stereocenters. The van der Waals surface area contributed by atoms with E-state index in [1.54, 1.807) is 30.2 Å². The van der Waals surface area contributed by atoms with E-state index < -0.39 is 12.0 Å². The van der Waals surface area contributed by atoms with Gasteiger partial charge in [0.2, 0.25) is 5.91 Å². The van der Waals surface area contributed by atoms with E-state index in [-0.39, 0.29) is 17.6 Å². The van der Waals surface area contributed by atoms with Crippen molar-refractivity contribution in [3.8, 4) is 0 Å². The van der Waals surface area contributed by atoms with Gasteiger partial charge in [0.1, 0.15) is 5.82 Å². The normalized spacial score (nSPS) is 17.7. The second kappa shape index (κ2) is 12.6. The SMILES string of the molecule is CCCN(CCC)CCNC(=O)[C@@H]1c2ccccc2C(=O)N(CCOC)[C@H]1c1ccc(F)cc1. The van der Waals surface area contributed by atoms with Crippen molar-refractivity contribution in [1.29, 1.82) is 0 Å². The topological polar surface area (TPSA) is 61.9 Å². The zero-order chi connectivity index (χ0) is 24.5. The number of carbonyl (C=O) groups is 2. The molecule has 2 amide bonds. The van der Waals surface area contributed by atoms with Gasteiger partial charge in [-0.1, -0.05) is 44.2 Å². The summed E-state index contributed by atoms with van der Waals surface area (Å²) in [7, 11) is 1.58. The van der Waals surface area contributed by atoms with Crippen LogP contribution in [0.25, 0.3) is 0 Å². The molecule has 1 N–H and O–H groups in total. The lowest BCUT2D eigenvalue weighted by molar-refractivity contribution is -0.124. The number of rotatable bonds is 12. The predicted octanol–water partition coefficient (Wildman–Crippen LogP) is 3.99. The number of carbonyl (C=O) groups excluding carboxylic acids is 2. The molecule has 7 heteroatoms. The Morgan fingerprint density at radius 3 is 2.38 bits per heavy atom. The highest BCUT2D eigenvalue weighted by Crippen LogP contribution is 2.42. The molecule has 1 aliphatic heterocycles. The molecule has 34 heavy (non-hydrogen) atoms. The van der Waals surface area contributed by atoms with Crippen molar-refractivity contribution in [2.45, 2.75) is 38.6 Å². The molecule has 0 bridgehead atoms. The van der Waals surface area contributed by atoms with Crippen molar-refractivity contribution in [3.63, 3.8) is 0 Å². The van der Waals surface area contributed by atoms with Crippen molar-refractivity contribution in [1.82, 2.24) is 15.1 Å². The summed E-state index contributed by atoms with van der Waals surface area (Å²) in [4.78, 5) is 31.1. The van der Waals surface area contributed by atoms with Crippen LogP contribution in [0.15, 0.2) is 48.5 Å². The van der Waals surface area contributed by atoms with Gasteiger partial charge in [-0.25, -0.2) is 4.39 Å². The number of hydrogen-bond donors (Lipinski definition) is 1. The third kappa shape index (κ3) is 6.02. The summed E-state index contributed by atoms with van der Waals surface area (Å²) in [6, 6.07) is 12.8. The molecule has 0 saturated carbocycles. The van der Waals surface area contributed by atoms with Crippen molar-refractivity contribution in [3.05, 3.63) is 71.0 Å². The molecule has 184 valence electrons. The molecule has 1 heterocycles. The minimum Gasteiger partial charge on any atom is -0.383 e. The largest absolute Gasteiger partial charge is 0.383 e. The van der Waals surface area contributed by atoms with E-state index in [9.17, 15) is 14.0 Å². The van der Waals surface area contributed by atoms with Gasteiger partial charge in [0.25, 0.3) is 5.91 Å². The quantitative estimate of drug-likeness (QED) is 0.511. The standard InChI is InChI=1S/C27H36FN3O3/c1-4-15-30(16-5-2)17-14-29-26(32)24-22-8-6-7-9-23(22)27(33)31(18-19-34-3)25(24)20-10-12-21(28)13-11-20/h6-13,24-25H,4-5,14-19H2,1-3H3,(H,29,32)/t24-,25+/m1/s1. The highest BCUT2D eigenvalue weighted by atomic mass is 19.1. The lowest BCUT2D eigenvalue weighted by Gasteiger charge is -2.41. The lowest BCUT2D eigenvalue weighted by Crippen LogP contribution is -2.49. The average molecular weight is 470 g/mol. The van der Waals surface area contributed by atoms with Gasteiger partial charge in [0, 0.05) is 32.3 Å². The van der Waals surface area contributed by atoms with Crippen LogP contribution in [0.4, 0.5) is 4.39 Å². The lowest BCUT2D eigenvalue weighted by atomic mass is 9.79. The van der Waals surface area contributed by atoms with E-state index in [1.165, 1.54) is 12.1 Å². The number of halogens is 1. The Kier molecular flexibility index (Phi) is 9.60. The maximum absolute atomic E-state index is 13.7. The summed E-state index contributed by atoms with van der Waals surface area (Å²) in [5.74, 6) is -1.25. The van der Waals surface area contributed by atoms with Crippen molar-refractivity contribution >= 4 is 11.8 Å². The Balaban J connectivity index is 1.94. The summed E-state index contributed by atoms with van der Waals surface area (Å²) >= 11 is 0. The molecular formula is C27H36FN3O3. The number of nitrogens with one attached hydrogen (secondary N) is 1. The second-order valence-electron chi connectivity index (χ2n) is 8.69. The molecule has 2 atom stereocenters. The van der Waals surface area contributed by atoms with Crippen LogP contribution in [0, 0.1) is 5.82 Å². The van der Waals surface area contributed by atoms with E-state index in [2.05, 4.69) is 24.1 Å². The summed E-state index contributed by atoms with van der Waals surface area (Å²) in [5, 5.41) is 3.12. The average Bonchev–Trinajstić information content (AvgIpc) is 2.84. The Morgan fingerprint density at radius 1 is 1.06 bits per heavy atom. The van der Waals surface area contributed by atoms with Gasteiger partial charge in [-0.3, -0.25) is 9.59 Å². The molecule has 3 rings (SSSR count). The molecule has 0 aromatic heterocycles. The van der Waals surface area contributed by atoms with Crippen molar-refractivity contribution in [2.24, 2.45) is 0 Å². The van der Waals surface area contributed by atoms with Gasteiger partial charge < -0.3 is 19.9 Å². The summed E-state index contributed by atoms with van der Waals surface area (Å²) in [6.07, 6.45) is 2.13.